The summed E-state index contributed by atoms with van der Waals surface area (Å²) in [5, 5.41) is 6.65. The van der Waals surface area contributed by atoms with Gasteiger partial charge in [-0.1, -0.05) is 30.3 Å². The number of hydrogen-bond donors (Lipinski definition) is 1. The number of thiazole rings is 1. The van der Waals surface area contributed by atoms with E-state index in [0.29, 0.717) is 24.4 Å². The number of amides is 1. The molecule has 114 valence electrons. The molecular weight excluding hydrogens is 294 g/mol. The van der Waals surface area contributed by atoms with Crippen LogP contribution in [-0.2, 0) is 11.2 Å². The first-order valence-corrected chi connectivity index (χ1v) is 8.72. The van der Waals surface area contributed by atoms with Crippen molar-refractivity contribution >= 4 is 17.2 Å². The molecule has 1 aromatic carbocycles. The third kappa shape index (κ3) is 2.55. The normalized spacial score (nSPS) is 24.0. The van der Waals surface area contributed by atoms with Crippen LogP contribution in [0.5, 0.6) is 0 Å². The predicted molar refractivity (Wildman–Crippen MR) is 87.8 cm³/mol. The van der Waals surface area contributed by atoms with Gasteiger partial charge in [0.1, 0.15) is 0 Å². The van der Waals surface area contributed by atoms with Crippen LogP contribution in [0.15, 0.2) is 35.7 Å². The summed E-state index contributed by atoms with van der Waals surface area (Å²) in [4.78, 5) is 18.9. The molecule has 22 heavy (non-hydrogen) atoms. The summed E-state index contributed by atoms with van der Waals surface area (Å²) in [7, 11) is 0. The summed E-state index contributed by atoms with van der Waals surface area (Å²) in [6, 6.07) is 11.0. The summed E-state index contributed by atoms with van der Waals surface area (Å²) < 4.78 is 0. The first-order valence-electron chi connectivity index (χ1n) is 7.84. The molecule has 3 heterocycles. The third-order valence-corrected chi connectivity index (χ3v) is 5.52. The van der Waals surface area contributed by atoms with Gasteiger partial charge in [-0.25, -0.2) is 4.98 Å². The maximum atomic E-state index is 12.1. The molecule has 2 saturated heterocycles. The van der Waals surface area contributed by atoms with Crippen molar-refractivity contribution in [3.63, 3.8) is 0 Å². The second-order valence-corrected chi connectivity index (χ2v) is 6.89. The Balaban J connectivity index is 1.42. The van der Waals surface area contributed by atoms with Gasteiger partial charge in [0.15, 0.2) is 0 Å². The minimum absolute atomic E-state index is 0.294. The average Bonchev–Trinajstić information content (AvgIpc) is 3.23. The van der Waals surface area contributed by atoms with E-state index in [4.69, 9.17) is 4.98 Å². The number of carbonyl (C=O) groups excluding carboxylic acids is 1. The van der Waals surface area contributed by atoms with Crippen molar-refractivity contribution in [2.24, 2.45) is 0 Å². The van der Waals surface area contributed by atoms with E-state index in [9.17, 15) is 4.79 Å². The number of fused-ring (bicyclic) bond motifs is 1. The molecule has 2 aliphatic rings. The van der Waals surface area contributed by atoms with Crippen molar-refractivity contribution in [1.29, 1.82) is 0 Å². The number of likely N-dealkylation sites (tertiary alicyclic amines) is 1. The van der Waals surface area contributed by atoms with Gasteiger partial charge in [-0.15, -0.1) is 11.3 Å². The molecule has 5 heteroatoms. The molecule has 2 aliphatic heterocycles. The van der Waals surface area contributed by atoms with Crippen molar-refractivity contribution in [1.82, 2.24) is 15.2 Å². The molecule has 1 amide bonds. The fraction of sp³-hybridized carbons (Fsp3) is 0.412. The molecule has 0 unspecified atom stereocenters. The van der Waals surface area contributed by atoms with E-state index >= 15 is 0 Å². The summed E-state index contributed by atoms with van der Waals surface area (Å²) in [6.07, 6.45) is 2.60. The number of nitrogens with zero attached hydrogens (tertiary/aromatic N) is 2. The first-order chi connectivity index (χ1) is 10.8. The average molecular weight is 313 g/mol. The van der Waals surface area contributed by atoms with Crippen LogP contribution in [0.1, 0.15) is 17.8 Å². The lowest BCUT2D eigenvalue weighted by molar-refractivity contribution is -0.129. The van der Waals surface area contributed by atoms with Crippen LogP contribution in [0, 0.1) is 0 Å². The van der Waals surface area contributed by atoms with Gasteiger partial charge < -0.3 is 10.2 Å². The van der Waals surface area contributed by atoms with Crippen molar-refractivity contribution < 1.29 is 4.79 Å². The Morgan fingerprint density at radius 2 is 2.18 bits per heavy atom. The van der Waals surface area contributed by atoms with E-state index in [1.807, 2.05) is 18.2 Å². The SMILES string of the molecule is O=C1C[C@H]2NCC[C@H]2N1CCc1nc(-c2ccccc2)cs1. The molecule has 2 fully saturated rings. The molecule has 2 atom stereocenters. The molecule has 1 aromatic heterocycles. The van der Waals surface area contributed by atoms with Crippen molar-refractivity contribution in [2.75, 3.05) is 13.1 Å². The Morgan fingerprint density at radius 1 is 1.32 bits per heavy atom. The van der Waals surface area contributed by atoms with Gasteiger partial charge in [0.05, 0.1) is 10.7 Å². The fourth-order valence-corrected chi connectivity index (χ4v) is 4.30. The lowest BCUT2D eigenvalue weighted by Gasteiger charge is -2.22. The van der Waals surface area contributed by atoms with Crippen LogP contribution in [-0.4, -0.2) is 41.0 Å². The van der Waals surface area contributed by atoms with Crippen molar-refractivity contribution in [3.05, 3.63) is 40.7 Å². The Kier molecular flexibility index (Phi) is 3.68. The predicted octanol–water partition coefficient (Wildman–Crippen LogP) is 2.32. The minimum Gasteiger partial charge on any atom is -0.338 e. The lowest BCUT2D eigenvalue weighted by Crippen LogP contribution is -2.37. The highest BCUT2D eigenvalue weighted by atomic mass is 32.1. The molecule has 4 nitrogen and oxygen atoms in total. The van der Waals surface area contributed by atoms with Gasteiger partial charge in [-0.3, -0.25) is 4.79 Å². The van der Waals surface area contributed by atoms with Crippen LogP contribution in [0.4, 0.5) is 0 Å². The Morgan fingerprint density at radius 3 is 3.05 bits per heavy atom. The molecule has 2 aromatic rings. The monoisotopic (exact) mass is 313 g/mol. The van der Waals surface area contributed by atoms with E-state index in [2.05, 4.69) is 27.7 Å². The number of rotatable bonds is 4. The van der Waals surface area contributed by atoms with E-state index in [1.54, 1.807) is 11.3 Å². The number of nitrogens with one attached hydrogen (secondary N) is 1. The number of hydrogen-bond acceptors (Lipinski definition) is 4. The van der Waals surface area contributed by atoms with Gasteiger partial charge in [0, 0.05) is 42.4 Å². The van der Waals surface area contributed by atoms with Crippen LogP contribution in [0.2, 0.25) is 0 Å². The van der Waals surface area contributed by atoms with E-state index < -0.39 is 0 Å². The number of aromatic nitrogens is 1. The smallest absolute Gasteiger partial charge is 0.224 e. The fourth-order valence-electron chi connectivity index (χ4n) is 3.50. The van der Waals surface area contributed by atoms with Crippen LogP contribution < -0.4 is 5.32 Å². The van der Waals surface area contributed by atoms with E-state index in [-0.39, 0.29) is 0 Å². The van der Waals surface area contributed by atoms with Gasteiger partial charge >= 0.3 is 0 Å². The van der Waals surface area contributed by atoms with Crippen LogP contribution >= 0.6 is 11.3 Å². The molecule has 4 rings (SSSR count). The maximum absolute atomic E-state index is 12.1. The quantitative estimate of drug-likeness (QED) is 0.942. The van der Waals surface area contributed by atoms with Gasteiger partial charge in [0.25, 0.3) is 0 Å². The molecule has 0 aliphatic carbocycles. The van der Waals surface area contributed by atoms with Gasteiger partial charge in [0.2, 0.25) is 5.91 Å². The number of carbonyl (C=O) groups is 1. The standard InChI is InChI=1S/C17H19N3OS/c21-17-10-13-15(6-8-18-13)20(17)9-7-16-19-14(11-22-16)12-4-2-1-3-5-12/h1-5,11,13,15,18H,6-10H2/t13-,15-/m1/s1. The van der Waals surface area contributed by atoms with Gasteiger partial charge in [-0.2, -0.15) is 0 Å². The second kappa shape index (κ2) is 5.82. The van der Waals surface area contributed by atoms with Crippen molar-refractivity contribution in [2.45, 2.75) is 31.3 Å². The maximum Gasteiger partial charge on any atom is 0.224 e. The highest BCUT2D eigenvalue weighted by Crippen LogP contribution is 2.27. The minimum atomic E-state index is 0.294. The zero-order valence-corrected chi connectivity index (χ0v) is 13.2. The highest BCUT2D eigenvalue weighted by molar-refractivity contribution is 7.09. The van der Waals surface area contributed by atoms with E-state index in [0.717, 1.165) is 42.2 Å². The summed E-state index contributed by atoms with van der Waals surface area (Å²) in [5.74, 6) is 0.294. The topological polar surface area (TPSA) is 45.2 Å². The Bertz CT molecular complexity index is 670. The third-order valence-electron chi connectivity index (χ3n) is 4.61. The largest absolute Gasteiger partial charge is 0.338 e. The second-order valence-electron chi connectivity index (χ2n) is 5.95. The molecule has 0 bridgehead atoms. The molecular formula is C17H19N3OS. The highest BCUT2D eigenvalue weighted by Gasteiger charge is 2.41. The first kappa shape index (κ1) is 13.9. The van der Waals surface area contributed by atoms with Crippen LogP contribution in [0.25, 0.3) is 11.3 Å². The summed E-state index contributed by atoms with van der Waals surface area (Å²) in [5.41, 5.74) is 2.19. The molecule has 1 N–H and O–H groups in total. The van der Waals surface area contributed by atoms with Crippen LogP contribution in [0.3, 0.4) is 0 Å². The Hall–Kier alpha value is -1.72. The van der Waals surface area contributed by atoms with Crippen molar-refractivity contribution in [3.8, 4) is 11.3 Å². The summed E-state index contributed by atoms with van der Waals surface area (Å²) >= 11 is 1.69. The van der Waals surface area contributed by atoms with E-state index in [1.165, 1.54) is 0 Å². The van der Waals surface area contributed by atoms with Gasteiger partial charge in [-0.05, 0) is 13.0 Å². The molecule has 0 saturated carbocycles. The molecule has 0 spiro atoms. The Labute approximate surface area is 134 Å². The zero-order valence-electron chi connectivity index (χ0n) is 12.4. The summed E-state index contributed by atoms with van der Waals surface area (Å²) in [6.45, 7) is 1.83. The lowest BCUT2D eigenvalue weighted by atomic mass is 10.1. The molecule has 0 radical (unpaired) electrons. The number of benzene rings is 1. The zero-order chi connectivity index (χ0) is 14.9.